The molecule has 1 aromatic rings. The van der Waals surface area contributed by atoms with E-state index < -0.39 is 5.72 Å². The lowest BCUT2D eigenvalue weighted by atomic mass is 9.62. The van der Waals surface area contributed by atoms with Crippen LogP contribution in [0.1, 0.15) is 36.3 Å². The van der Waals surface area contributed by atoms with Gasteiger partial charge in [-0.2, -0.15) is 0 Å². The highest BCUT2D eigenvalue weighted by molar-refractivity contribution is 5.85. The molecule has 0 N–H and O–H groups in total. The third kappa shape index (κ3) is 1.06. The summed E-state index contributed by atoms with van der Waals surface area (Å²) in [6.45, 7) is 0.603. The zero-order valence-corrected chi connectivity index (χ0v) is 11.3. The summed E-state index contributed by atoms with van der Waals surface area (Å²) < 4.78 is 6.26. The minimum atomic E-state index is -0.510. The number of carbonyl (C=O) groups is 1. The highest BCUT2D eigenvalue weighted by atomic mass is 16.5. The normalized spacial score (nSPS) is 40.5. The third-order valence-electron chi connectivity index (χ3n) is 5.71. The Morgan fingerprint density at radius 1 is 1.25 bits per heavy atom. The van der Waals surface area contributed by atoms with Crippen LogP contribution >= 0.6 is 0 Å². The number of carbonyl (C=O) groups excluding carboxylic acids is 1. The van der Waals surface area contributed by atoms with Gasteiger partial charge < -0.3 is 4.74 Å². The Labute approximate surface area is 118 Å². The molecule has 2 aliphatic carbocycles. The van der Waals surface area contributed by atoms with Crippen molar-refractivity contribution in [1.29, 1.82) is 0 Å². The van der Waals surface area contributed by atoms with Crippen LogP contribution in [0.25, 0.3) is 0 Å². The van der Waals surface area contributed by atoms with Crippen LogP contribution in [0, 0.1) is 11.8 Å². The molecule has 2 heterocycles. The lowest BCUT2D eigenvalue weighted by Crippen LogP contribution is -2.51. The van der Waals surface area contributed by atoms with E-state index in [2.05, 4.69) is 24.3 Å². The van der Waals surface area contributed by atoms with E-state index in [0.29, 0.717) is 18.4 Å². The van der Waals surface area contributed by atoms with Gasteiger partial charge in [0.05, 0.1) is 6.61 Å². The number of ether oxygens (including phenoxy) is 1. The Morgan fingerprint density at radius 2 is 2.15 bits per heavy atom. The quantitative estimate of drug-likeness (QED) is 0.723. The van der Waals surface area contributed by atoms with E-state index in [4.69, 9.17) is 4.74 Å². The lowest BCUT2D eigenvalue weighted by molar-refractivity contribution is -0.173. The van der Waals surface area contributed by atoms with Crippen molar-refractivity contribution in [2.24, 2.45) is 11.8 Å². The summed E-state index contributed by atoms with van der Waals surface area (Å²) in [5, 5.41) is 0. The zero-order chi connectivity index (χ0) is 13.3. The first kappa shape index (κ1) is 11.1. The molecule has 4 atom stereocenters. The second kappa shape index (κ2) is 3.53. The van der Waals surface area contributed by atoms with Gasteiger partial charge in [-0.3, -0.25) is 9.69 Å². The van der Waals surface area contributed by atoms with Crippen LogP contribution in [-0.2, 0) is 15.3 Å². The van der Waals surface area contributed by atoms with E-state index in [9.17, 15) is 4.79 Å². The third-order valence-corrected chi connectivity index (χ3v) is 5.71. The van der Waals surface area contributed by atoms with Crippen molar-refractivity contribution in [2.45, 2.75) is 30.9 Å². The predicted octanol–water partition coefficient (Wildman–Crippen LogP) is 2.74. The molecule has 0 aromatic heterocycles. The molecular formula is C17H17NO2. The van der Waals surface area contributed by atoms with Gasteiger partial charge in [0.25, 0.3) is 0 Å². The van der Waals surface area contributed by atoms with Crippen LogP contribution in [0.3, 0.4) is 0 Å². The van der Waals surface area contributed by atoms with Crippen molar-refractivity contribution in [3.63, 3.8) is 0 Å². The van der Waals surface area contributed by atoms with E-state index in [1.54, 1.807) is 0 Å². The molecule has 2 fully saturated rings. The summed E-state index contributed by atoms with van der Waals surface area (Å²) in [7, 11) is 0. The van der Waals surface area contributed by atoms with Gasteiger partial charge in [-0.05, 0) is 36.8 Å². The molecule has 1 amide bonds. The van der Waals surface area contributed by atoms with Crippen LogP contribution < -0.4 is 0 Å². The van der Waals surface area contributed by atoms with Gasteiger partial charge in [-0.1, -0.05) is 24.3 Å². The predicted molar refractivity (Wildman–Crippen MR) is 73.6 cm³/mol. The van der Waals surface area contributed by atoms with Gasteiger partial charge >= 0.3 is 0 Å². The molecule has 2 bridgehead atoms. The number of hydrogen-bond donors (Lipinski definition) is 0. The zero-order valence-electron chi connectivity index (χ0n) is 11.3. The van der Waals surface area contributed by atoms with E-state index in [1.807, 2.05) is 17.2 Å². The molecule has 3 nitrogen and oxygen atoms in total. The highest BCUT2D eigenvalue weighted by Crippen LogP contribution is 2.61. The van der Waals surface area contributed by atoms with E-state index in [1.165, 1.54) is 11.1 Å². The molecule has 1 saturated heterocycles. The molecule has 0 radical (unpaired) electrons. The molecule has 5 rings (SSSR count). The Hall–Kier alpha value is -1.61. The monoisotopic (exact) mass is 267 g/mol. The first-order valence-electron chi connectivity index (χ1n) is 7.55. The highest BCUT2D eigenvalue weighted by Gasteiger charge is 2.64. The van der Waals surface area contributed by atoms with Crippen molar-refractivity contribution in [3.8, 4) is 0 Å². The van der Waals surface area contributed by atoms with Gasteiger partial charge in [0.2, 0.25) is 5.91 Å². The molecule has 3 heteroatoms. The summed E-state index contributed by atoms with van der Waals surface area (Å²) in [6.07, 6.45) is 7.16. The molecule has 1 spiro atoms. The summed E-state index contributed by atoms with van der Waals surface area (Å²) in [5.74, 6) is 1.36. The number of rotatable bonds is 0. The minimum Gasteiger partial charge on any atom is -0.346 e. The lowest BCUT2D eigenvalue weighted by Gasteiger charge is -2.50. The molecule has 2 aliphatic heterocycles. The average Bonchev–Trinajstić information content (AvgIpc) is 2.80. The second-order valence-corrected chi connectivity index (χ2v) is 6.41. The Morgan fingerprint density at radius 3 is 3.10 bits per heavy atom. The van der Waals surface area contributed by atoms with E-state index in [0.717, 1.165) is 19.3 Å². The summed E-state index contributed by atoms with van der Waals surface area (Å²) in [6, 6.07) is 8.59. The van der Waals surface area contributed by atoms with Crippen LogP contribution in [-0.4, -0.2) is 17.4 Å². The van der Waals surface area contributed by atoms with Crippen molar-refractivity contribution < 1.29 is 9.53 Å². The van der Waals surface area contributed by atoms with Gasteiger partial charge in [-0.15, -0.1) is 0 Å². The largest absolute Gasteiger partial charge is 0.346 e. The molecule has 4 aliphatic rings. The number of fused-ring (bicyclic) bond motifs is 3. The Kier molecular flexibility index (Phi) is 1.96. The maximum absolute atomic E-state index is 12.8. The van der Waals surface area contributed by atoms with Crippen molar-refractivity contribution >= 4 is 5.91 Å². The minimum absolute atomic E-state index is 0.155. The molecule has 20 heavy (non-hydrogen) atoms. The summed E-state index contributed by atoms with van der Waals surface area (Å²) in [5.41, 5.74) is 2.13. The fourth-order valence-electron chi connectivity index (χ4n) is 4.97. The van der Waals surface area contributed by atoms with Gasteiger partial charge in [0, 0.05) is 23.6 Å². The van der Waals surface area contributed by atoms with Gasteiger partial charge in [0.1, 0.15) is 0 Å². The van der Waals surface area contributed by atoms with Crippen molar-refractivity contribution in [3.05, 3.63) is 47.7 Å². The maximum Gasteiger partial charge on any atom is 0.232 e. The molecule has 1 aromatic carbocycles. The fraction of sp³-hybridized carbons (Fsp3) is 0.471. The van der Waals surface area contributed by atoms with Crippen LogP contribution in [0.15, 0.2) is 36.5 Å². The van der Waals surface area contributed by atoms with Crippen LogP contribution in [0.4, 0.5) is 0 Å². The van der Waals surface area contributed by atoms with Crippen molar-refractivity contribution in [1.82, 2.24) is 4.90 Å². The Bertz CT molecular complexity index is 638. The summed E-state index contributed by atoms with van der Waals surface area (Å²) >= 11 is 0. The van der Waals surface area contributed by atoms with Crippen LogP contribution in [0.5, 0.6) is 0 Å². The van der Waals surface area contributed by atoms with Crippen LogP contribution in [0.2, 0.25) is 0 Å². The smallest absolute Gasteiger partial charge is 0.232 e. The molecule has 1 saturated carbocycles. The molecule has 102 valence electrons. The first-order chi connectivity index (χ1) is 9.82. The first-order valence-corrected chi connectivity index (χ1v) is 7.55. The summed E-state index contributed by atoms with van der Waals surface area (Å²) in [4.78, 5) is 14.7. The van der Waals surface area contributed by atoms with Crippen molar-refractivity contribution in [2.75, 3.05) is 6.61 Å². The molecular weight excluding hydrogens is 250 g/mol. The number of amides is 1. The second-order valence-electron chi connectivity index (χ2n) is 6.41. The number of benzene rings is 1. The average molecular weight is 267 g/mol. The number of nitrogens with zero attached hydrogens (tertiary/aromatic N) is 1. The molecule has 4 unspecified atom stereocenters. The standard InChI is InChI=1S/C17H17NO2/c19-16-13-7-6-11-10-15(13)17(18(16)8-3-9-20-17)14-5-2-1-4-12(11)14/h1-5,8,11,13,15H,6-7,9-10H2. The van der Waals surface area contributed by atoms with E-state index >= 15 is 0 Å². The fourth-order valence-corrected chi connectivity index (χ4v) is 4.97. The van der Waals surface area contributed by atoms with E-state index in [-0.39, 0.29) is 11.8 Å². The number of hydrogen-bond acceptors (Lipinski definition) is 2. The van der Waals surface area contributed by atoms with Gasteiger partial charge in [-0.25, -0.2) is 0 Å². The SMILES string of the molecule is O=C1C2CCC3CC2C2(OCC=CN12)c1ccccc13. The topological polar surface area (TPSA) is 29.5 Å². The Balaban J connectivity index is 1.84. The maximum atomic E-state index is 12.8. The van der Waals surface area contributed by atoms with Gasteiger partial charge in [0.15, 0.2) is 5.72 Å².